The lowest BCUT2D eigenvalue weighted by molar-refractivity contribution is -0.142. The zero-order chi connectivity index (χ0) is 22.2. The zero-order valence-electron chi connectivity index (χ0n) is 17.1. The number of hydrogen-bond donors (Lipinski definition) is 2. The van der Waals surface area contributed by atoms with E-state index in [-0.39, 0.29) is 41.8 Å². The van der Waals surface area contributed by atoms with Gasteiger partial charge in [0.2, 0.25) is 11.7 Å². The Labute approximate surface area is 177 Å². The van der Waals surface area contributed by atoms with Crippen LogP contribution in [0.4, 0.5) is 13.2 Å². The molecule has 0 saturated carbocycles. The Hall–Kier alpha value is -2.50. The van der Waals surface area contributed by atoms with E-state index in [4.69, 9.17) is 9.26 Å². The van der Waals surface area contributed by atoms with E-state index in [9.17, 15) is 18.0 Å². The maximum absolute atomic E-state index is 13.0. The number of carbonyl (C=O) groups is 1. The summed E-state index contributed by atoms with van der Waals surface area (Å²) in [5, 5.41) is 3.80. The highest BCUT2D eigenvalue weighted by molar-refractivity contribution is 5.82. The summed E-state index contributed by atoms with van der Waals surface area (Å²) >= 11 is 0. The molecule has 1 aromatic heterocycles. The number of nitrogens with zero attached hydrogens (tertiary/aromatic N) is 3. The number of carbonyl (C=O) groups excluding carboxylic acids is 1. The number of nitrogens with one attached hydrogen (secondary N) is 2. The Morgan fingerprint density at radius 2 is 2.10 bits per heavy atom. The fourth-order valence-corrected chi connectivity index (χ4v) is 3.72. The predicted octanol–water partition coefficient (Wildman–Crippen LogP) is 2.55. The van der Waals surface area contributed by atoms with Crippen LogP contribution in [0.1, 0.15) is 37.8 Å². The van der Waals surface area contributed by atoms with Gasteiger partial charge in [0.15, 0.2) is 6.10 Å². The second-order valence-electron chi connectivity index (χ2n) is 8.11. The molecule has 2 aliphatic rings. The van der Waals surface area contributed by atoms with Crippen molar-refractivity contribution in [2.45, 2.75) is 44.6 Å². The Morgan fingerprint density at radius 1 is 1.29 bits per heavy atom. The number of benzene rings is 1. The van der Waals surface area contributed by atoms with Gasteiger partial charge in [0, 0.05) is 18.2 Å². The third kappa shape index (κ3) is 4.73. The first-order valence-corrected chi connectivity index (χ1v) is 10.1. The van der Waals surface area contributed by atoms with Gasteiger partial charge in [-0.1, -0.05) is 31.1 Å². The predicted molar refractivity (Wildman–Crippen MR) is 103 cm³/mol. The van der Waals surface area contributed by atoms with Crippen molar-refractivity contribution < 1.29 is 27.2 Å². The summed E-state index contributed by atoms with van der Waals surface area (Å²) in [4.78, 5) is 18.8. The van der Waals surface area contributed by atoms with E-state index in [0.717, 1.165) is 12.1 Å². The summed E-state index contributed by atoms with van der Waals surface area (Å²) < 4.78 is 49.8. The molecule has 2 saturated heterocycles. The molecular weight excluding hydrogens is 415 g/mol. The first kappa shape index (κ1) is 21.7. The summed E-state index contributed by atoms with van der Waals surface area (Å²) in [6, 6.07) is 4.61. The lowest BCUT2D eigenvalue weighted by atomic mass is 9.99. The molecule has 3 atom stereocenters. The number of hydrogen-bond acceptors (Lipinski definition) is 7. The minimum absolute atomic E-state index is 0.0367. The number of ether oxygens (including phenoxy) is 1. The van der Waals surface area contributed by atoms with E-state index in [0.29, 0.717) is 25.5 Å². The van der Waals surface area contributed by atoms with Gasteiger partial charge in [0.1, 0.15) is 6.04 Å². The molecule has 3 heterocycles. The fraction of sp³-hybridized carbons (Fsp3) is 0.550. The van der Waals surface area contributed by atoms with Crippen molar-refractivity contribution in [1.29, 1.82) is 0 Å². The van der Waals surface area contributed by atoms with Crippen LogP contribution in [0.5, 0.6) is 0 Å². The van der Waals surface area contributed by atoms with E-state index in [1.54, 1.807) is 4.90 Å². The molecule has 1 amide bonds. The molecule has 168 valence electrons. The SMILES string of the molecule is CC(C)C1CC(C(=O)N2CCOC(c3nc(-c4cccc(C(F)(F)F)c4)no3)C2)NN1. The van der Waals surface area contributed by atoms with E-state index in [1.165, 1.54) is 12.1 Å². The number of aromatic nitrogens is 2. The molecule has 2 fully saturated rings. The minimum atomic E-state index is -4.46. The van der Waals surface area contributed by atoms with Gasteiger partial charge in [-0.3, -0.25) is 10.2 Å². The van der Waals surface area contributed by atoms with Crippen LogP contribution in [-0.2, 0) is 15.7 Å². The number of amides is 1. The summed E-state index contributed by atoms with van der Waals surface area (Å²) in [7, 11) is 0. The number of hydrazine groups is 1. The Morgan fingerprint density at radius 3 is 2.81 bits per heavy atom. The molecule has 2 aliphatic heterocycles. The first-order chi connectivity index (χ1) is 14.7. The van der Waals surface area contributed by atoms with E-state index < -0.39 is 17.8 Å². The third-order valence-electron chi connectivity index (χ3n) is 5.58. The second-order valence-corrected chi connectivity index (χ2v) is 8.11. The molecule has 0 spiro atoms. The highest BCUT2D eigenvalue weighted by atomic mass is 19.4. The maximum Gasteiger partial charge on any atom is 0.416 e. The quantitative estimate of drug-likeness (QED) is 0.756. The lowest BCUT2D eigenvalue weighted by Gasteiger charge is -2.32. The third-order valence-corrected chi connectivity index (χ3v) is 5.58. The molecule has 8 nitrogen and oxygen atoms in total. The molecule has 0 bridgehead atoms. The molecule has 1 aromatic carbocycles. The number of morpholine rings is 1. The molecule has 0 aliphatic carbocycles. The molecule has 3 unspecified atom stereocenters. The molecule has 11 heteroatoms. The van der Waals surface area contributed by atoms with E-state index in [1.807, 2.05) is 0 Å². The first-order valence-electron chi connectivity index (χ1n) is 10.1. The van der Waals surface area contributed by atoms with Crippen LogP contribution >= 0.6 is 0 Å². The van der Waals surface area contributed by atoms with Gasteiger partial charge < -0.3 is 14.2 Å². The summed E-state index contributed by atoms with van der Waals surface area (Å²) in [5.74, 6) is 0.522. The Bertz CT molecular complexity index is 933. The molecule has 31 heavy (non-hydrogen) atoms. The fourth-order valence-electron chi connectivity index (χ4n) is 3.72. The van der Waals surface area contributed by atoms with Crippen LogP contribution in [-0.4, -0.2) is 52.7 Å². The largest absolute Gasteiger partial charge is 0.416 e. The minimum Gasteiger partial charge on any atom is -0.365 e. The van der Waals surface area contributed by atoms with Crippen molar-refractivity contribution in [3.8, 4) is 11.4 Å². The van der Waals surface area contributed by atoms with Gasteiger partial charge in [-0.2, -0.15) is 18.2 Å². The van der Waals surface area contributed by atoms with Crippen LogP contribution < -0.4 is 10.9 Å². The van der Waals surface area contributed by atoms with Crippen molar-refractivity contribution in [2.24, 2.45) is 5.92 Å². The van der Waals surface area contributed by atoms with Crippen LogP contribution in [0, 0.1) is 5.92 Å². The standard InChI is InChI=1S/C20H24F3N5O3/c1-11(2)14-9-15(26-25-14)19(29)28-6-7-30-16(10-28)18-24-17(27-31-18)12-4-3-5-13(8-12)20(21,22)23/h3-5,8,11,14-16,25-26H,6-7,9-10H2,1-2H3. The molecule has 4 rings (SSSR count). The van der Waals surface area contributed by atoms with Crippen molar-refractivity contribution in [1.82, 2.24) is 25.9 Å². The topological polar surface area (TPSA) is 92.5 Å². The average Bonchev–Trinajstić information content (AvgIpc) is 3.43. The smallest absolute Gasteiger partial charge is 0.365 e. The highest BCUT2D eigenvalue weighted by Crippen LogP contribution is 2.32. The van der Waals surface area contributed by atoms with Crippen LogP contribution in [0.15, 0.2) is 28.8 Å². The molecule has 2 aromatic rings. The van der Waals surface area contributed by atoms with Gasteiger partial charge in [0.25, 0.3) is 5.89 Å². The van der Waals surface area contributed by atoms with Crippen LogP contribution in [0.2, 0.25) is 0 Å². The van der Waals surface area contributed by atoms with Gasteiger partial charge >= 0.3 is 6.18 Å². The monoisotopic (exact) mass is 439 g/mol. The summed E-state index contributed by atoms with van der Waals surface area (Å²) in [6.45, 7) is 5.15. The van der Waals surface area contributed by atoms with Gasteiger partial charge in [0.05, 0.1) is 18.7 Å². The summed E-state index contributed by atoms with van der Waals surface area (Å²) in [5.41, 5.74) is 5.61. The molecule has 2 N–H and O–H groups in total. The van der Waals surface area contributed by atoms with Crippen molar-refractivity contribution in [2.75, 3.05) is 19.7 Å². The Balaban J connectivity index is 1.44. The number of alkyl halides is 3. The molecular formula is C20H24F3N5O3. The average molecular weight is 439 g/mol. The highest BCUT2D eigenvalue weighted by Gasteiger charge is 2.37. The van der Waals surface area contributed by atoms with Gasteiger partial charge in [-0.05, 0) is 24.5 Å². The van der Waals surface area contributed by atoms with Crippen LogP contribution in [0.25, 0.3) is 11.4 Å². The second kappa shape index (κ2) is 8.56. The molecule has 0 radical (unpaired) electrons. The van der Waals surface area contributed by atoms with Gasteiger partial charge in [-0.15, -0.1) is 0 Å². The normalized spacial score (nSPS) is 24.7. The summed E-state index contributed by atoms with van der Waals surface area (Å²) in [6.07, 6.45) is -4.41. The van der Waals surface area contributed by atoms with E-state index >= 15 is 0 Å². The van der Waals surface area contributed by atoms with E-state index in [2.05, 4.69) is 34.8 Å². The Kier molecular flexibility index (Phi) is 6.00. The lowest BCUT2D eigenvalue weighted by Crippen LogP contribution is -2.50. The zero-order valence-corrected chi connectivity index (χ0v) is 17.1. The van der Waals surface area contributed by atoms with Crippen molar-refractivity contribution in [3.05, 3.63) is 35.7 Å². The van der Waals surface area contributed by atoms with Crippen molar-refractivity contribution in [3.63, 3.8) is 0 Å². The number of halogens is 3. The number of rotatable bonds is 4. The van der Waals surface area contributed by atoms with Gasteiger partial charge in [-0.25, -0.2) is 5.43 Å². The maximum atomic E-state index is 13.0. The van der Waals surface area contributed by atoms with Crippen LogP contribution in [0.3, 0.4) is 0 Å². The van der Waals surface area contributed by atoms with Crippen molar-refractivity contribution >= 4 is 5.91 Å².